The number of nitrogens with zero attached hydrogens (tertiary/aromatic N) is 2. The van der Waals surface area contributed by atoms with Crippen molar-refractivity contribution in [1.29, 1.82) is 0 Å². The van der Waals surface area contributed by atoms with Crippen LogP contribution in [0.3, 0.4) is 0 Å². The molecule has 0 radical (unpaired) electrons. The van der Waals surface area contributed by atoms with Crippen molar-refractivity contribution in [2.24, 2.45) is 0 Å². The van der Waals surface area contributed by atoms with Crippen LogP contribution in [0.2, 0.25) is 0 Å². The largest absolute Gasteiger partial charge is 0.478 e. The summed E-state index contributed by atoms with van der Waals surface area (Å²) in [6, 6.07) is 0.649. The Bertz CT molecular complexity index is 365. The van der Waals surface area contributed by atoms with Crippen LogP contribution in [0.1, 0.15) is 23.2 Å². The van der Waals surface area contributed by atoms with E-state index in [1.807, 2.05) is 0 Å². The minimum absolute atomic E-state index is 0.137. The lowest BCUT2D eigenvalue weighted by Gasteiger charge is -2.08. The highest BCUT2D eigenvalue weighted by atomic mass is 19.4. The van der Waals surface area contributed by atoms with Crippen molar-refractivity contribution in [1.82, 2.24) is 9.97 Å². The highest BCUT2D eigenvalue weighted by Crippen LogP contribution is 2.29. The van der Waals surface area contributed by atoms with Gasteiger partial charge in [-0.15, -0.1) is 0 Å². The third kappa shape index (κ3) is 2.90. The van der Waals surface area contributed by atoms with Crippen LogP contribution < -0.4 is 4.74 Å². The molecule has 0 aliphatic heterocycles. The van der Waals surface area contributed by atoms with Crippen LogP contribution in [0.15, 0.2) is 6.07 Å². The van der Waals surface area contributed by atoms with Crippen LogP contribution in [0.25, 0.3) is 0 Å². The summed E-state index contributed by atoms with van der Waals surface area (Å²) in [5.41, 5.74) is -1.19. The fourth-order valence-corrected chi connectivity index (χ4v) is 0.863. The van der Waals surface area contributed by atoms with E-state index in [9.17, 15) is 18.0 Å². The summed E-state index contributed by atoms with van der Waals surface area (Å²) in [7, 11) is 0. The molecule has 0 atom stereocenters. The molecular formula is C8H7F3N2O2. The van der Waals surface area contributed by atoms with Crippen LogP contribution in [0.4, 0.5) is 13.2 Å². The summed E-state index contributed by atoms with van der Waals surface area (Å²) in [5.74, 6) is -0.810. The number of carbonyl (C=O) groups is 1. The standard InChI is InChI=1S/C8H7F3N2O2/c1-2-15-7-3-5(8(9,10)11)12-6(4-14)13-7/h3-4H,2H2,1H3. The van der Waals surface area contributed by atoms with E-state index in [-0.39, 0.29) is 18.8 Å². The molecule has 0 amide bonds. The third-order valence-electron chi connectivity index (χ3n) is 1.41. The zero-order valence-electron chi connectivity index (χ0n) is 7.71. The van der Waals surface area contributed by atoms with Gasteiger partial charge in [0.1, 0.15) is 0 Å². The number of rotatable bonds is 3. The first-order valence-corrected chi connectivity index (χ1v) is 4.01. The minimum atomic E-state index is -4.62. The molecule has 1 aromatic rings. The predicted octanol–water partition coefficient (Wildman–Crippen LogP) is 1.71. The molecule has 0 N–H and O–H groups in total. The Morgan fingerprint density at radius 3 is 2.60 bits per heavy atom. The summed E-state index contributed by atoms with van der Waals surface area (Å²) < 4.78 is 41.6. The van der Waals surface area contributed by atoms with Crippen molar-refractivity contribution in [2.45, 2.75) is 13.1 Å². The van der Waals surface area contributed by atoms with Crippen molar-refractivity contribution in [3.8, 4) is 5.88 Å². The second-order valence-electron chi connectivity index (χ2n) is 2.50. The van der Waals surface area contributed by atoms with Crippen LogP contribution in [0.5, 0.6) is 5.88 Å². The number of alkyl halides is 3. The fourth-order valence-electron chi connectivity index (χ4n) is 0.863. The Labute approximate surface area is 83.1 Å². The van der Waals surface area contributed by atoms with Crippen molar-refractivity contribution >= 4 is 6.29 Å². The molecule has 7 heteroatoms. The smallest absolute Gasteiger partial charge is 0.433 e. The number of hydrogen-bond acceptors (Lipinski definition) is 4. The lowest BCUT2D eigenvalue weighted by molar-refractivity contribution is -0.141. The quantitative estimate of drug-likeness (QED) is 0.727. The second-order valence-corrected chi connectivity index (χ2v) is 2.50. The van der Waals surface area contributed by atoms with E-state index < -0.39 is 17.7 Å². The van der Waals surface area contributed by atoms with Gasteiger partial charge in [0.2, 0.25) is 5.88 Å². The normalized spacial score (nSPS) is 11.2. The molecule has 0 saturated heterocycles. The molecular weight excluding hydrogens is 213 g/mol. The molecule has 15 heavy (non-hydrogen) atoms. The first-order valence-electron chi connectivity index (χ1n) is 4.01. The van der Waals surface area contributed by atoms with Crippen molar-refractivity contribution in [3.63, 3.8) is 0 Å². The van der Waals surface area contributed by atoms with Gasteiger partial charge in [-0.1, -0.05) is 0 Å². The number of carbonyl (C=O) groups excluding carboxylic acids is 1. The van der Waals surface area contributed by atoms with Gasteiger partial charge in [-0.2, -0.15) is 18.2 Å². The maximum atomic E-state index is 12.3. The number of aromatic nitrogens is 2. The van der Waals surface area contributed by atoms with E-state index in [4.69, 9.17) is 4.74 Å². The van der Waals surface area contributed by atoms with E-state index in [1.54, 1.807) is 6.92 Å². The average molecular weight is 220 g/mol. The molecule has 4 nitrogen and oxygen atoms in total. The molecule has 0 saturated carbocycles. The van der Waals surface area contributed by atoms with Gasteiger partial charge < -0.3 is 4.74 Å². The Kier molecular flexibility index (Phi) is 3.23. The van der Waals surface area contributed by atoms with Gasteiger partial charge in [-0.05, 0) is 6.92 Å². The summed E-state index contributed by atoms with van der Waals surface area (Å²) in [6.07, 6.45) is -4.48. The Hall–Kier alpha value is -1.66. The molecule has 0 spiro atoms. The lowest BCUT2D eigenvalue weighted by Crippen LogP contribution is -2.11. The van der Waals surface area contributed by atoms with E-state index in [0.29, 0.717) is 6.07 Å². The highest BCUT2D eigenvalue weighted by molar-refractivity contribution is 5.69. The van der Waals surface area contributed by atoms with Gasteiger partial charge in [0.25, 0.3) is 0 Å². The molecule has 0 bridgehead atoms. The SMILES string of the molecule is CCOc1cc(C(F)(F)F)nc(C=O)n1. The van der Waals surface area contributed by atoms with Crippen LogP contribution in [-0.4, -0.2) is 22.9 Å². The zero-order valence-corrected chi connectivity index (χ0v) is 7.71. The highest BCUT2D eigenvalue weighted by Gasteiger charge is 2.33. The third-order valence-corrected chi connectivity index (χ3v) is 1.41. The molecule has 0 aromatic carbocycles. The van der Waals surface area contributed by atoms with Crippen LogP contribution in [-0.2, 0) is 6.18 Å². The van der Waals surface area contributed by atoms with Crippen molar-refractivity contribution < 1.29 is 22.7 Å². The Balaban J connectivity index is 3.17. The van der Waals surface area contributed by atoms with E-state index in [1.165, 1.54) is 0 Å². The topological polar surface area (TPSA) is 52.1 Å². The lowest BCUT2D eigenvalue weighted by atomic mass is 10.4. The predicted molar refractivity (Wildman–Crippen MR) is 43.6 cm³/mol. The van der Waals surface area contributed by atoms with Gasteiger partial charge >= 0.3 is 6.18 Å². The summed E-state index contributed by atoms with van der Waals surface area (Å²) >= 11 is 0. The summed E-state index contributed by atoms with van der Waals surface area (Å²) in [4.78, 5) is 16.8. The first kappa shape index (κ1) is 11.4. The number of aldehydes is 1. The van der Waals surface area contributed by atoms with Gasteiger partial charge in [-0.25, -0.2) is 4.98 Å². The van der Waals surface area contributed by atoms with Crippen LogP contribution in [0, 0.1) is 0 Å². The van der Waals surface area contributed by atoms with E-state index in [2.05, 4.69) is 9.97 Å². The molecule has 1 aromatic heterocycles. The average Bonchev–Trinajstić information content (AvgIpc) is 2.16. The second kappa shape index (κ2) is 4.24. The Morgan fingerprint density at radius 1 is 1.47 bits per heavy atom. The molecule has 0 unspecified atom stereocenters. The number of halogens is 3. The van der Waals surface area contributed by atoms with Crippen LogP contribution >= 0.6 is 0 Å². The fraction of sp³-hybridized carbons (Fsp3) is 0.375. The van der Waals surface area contributed by atoms with Gasteiger partial charge in [0, 0.05) is 6.07 Å². The van der Waals surface area contributed by atoms with Crippen molar-refractivity contribution in [2.75, 3.05) is 6.61 Å². The molecule has 1 heterocycles. The molecule has 0 aliphatic carbocycles. The van der Waals surface area contributed by atoms with Gasteiger partial charge in [0.05, 0.1) is 6.61 Å². The molecule has 82 valence electrons. The van der Waals surface area contributed by atoms with Gasteiger partial charge in [0.15, 0.2) is 17.8 Å². The summed E-state index contributed by atoms with van der Waals surface area (Å²) in [5, 5.41) is 0. The monoisotopic (exact) mass is 220 g/mol. The van der Waals surface area contributed by atoms with Crippen molar-refractivity contribution in [3.05, 3.63) is 17.6 Å². The Morgan fingerprint density at radius 2 is 2.13 bits per heavy atom. The molecule has 0 aliphatic rings. The number of hydrogen-bond donors (Lipinski definition) is 0. The van der Waals surface area contributed by atoms with E-state index >= 15 is 0 Å². The minimum Gasteiger partial charge on any atom is -0.478 e. The number of ether oxygens (including phenoxy) is 1. The van der Waals surface area contributed by atoms with E-state index in [0.717, 1.165) is 0 Å². The molecule has 1 rings (SSSR count). The first-order chi connectivity index (χ1) is 6.97. The zero-order chi connectivity index (χ0) is 11.5. The summed E-state index contributed by atoms with van der Waals surface area (Å²) in [6.45, 7) is 1.75. The van der Waals surface area contributed by atoms with Gasteiger partial charge in [-0.3, -0.25) is 4.79 Å². The maximum Gasteiger partial charge on any atom is 0.433 e. The maximum absolute atomic E-state index is 12.3. The molecule has 0 fully saturated rings.